The van der Waals surface area contributed by atoms with Crippen molar-refractivity contribution in [1.82, 2.24) is 15.0 Å². The van der Waals surface area contributed by atoms with E-state index in [1.165, 1.54) is 31.7 Å². The monoisotopic (exact) mass is 558 g/mol. The highest BCUT2D eigenvalue weighted by Crippen LogP contribution is 2.55. The molecular formula is C37H26N4S. The molecule has 0 N–H and O–H groups in total. The molecule has 0 aliphatic carbocycles. The SMILES string of the molecule is Cc1cccnc1-c1cc(-c2ncccc2C)cc(N2c3ccccc3-c3sc4ccncc4c3-c3ccccc32)c1. The lowest BCUT2D eigenvalue weighted by molar-refractivity contribution is 1.24. The van der Waals surface area contributed by atoms with Gasteiger partial charge in [-0.25, -0.2) is 0 Å². The van der Waals surface area contributed by atoms with E-state index in [0.29, 0.717) is 0 Å². The highest BCUT2D eigenvalue weighted by atomic mass is 32.1. The summed E-state index contributed by atoms with van der Waals surface area (Å²) < 4.78 is 1.24. The molecule has 7 aromatic rings. The van der Waals surface area contributed by atoms with Gasteiger partial charge in [0.05, 0.1) is 22.8 Å². The van der Waals surface area contributed by atoms with Crippen molar-refractivity contribution in [1.29, 1.82) is 0 Å². The molecule has 0 radical (unpaired) electrons. The van der Waals surface area contributed by atoms with Crippen LogP contribution >= 0.6 is 11.3 Å². The Kier molecular flexibility index (Phi) is 5.72. The van der Waals surface area contributed by atoms with Crippen LogP contribution in [0.25, 0.3) is 54.2 Å². The van der Waals surface area contributed by atoms with Crippen LogP contribution in [0.4, 0.5) is 17.1 Å². The summed E-state index contributed by atoms with van der Waals surface area (Å²) in [5.41, 5.74) is 13.3. The van der Waals surface area contributed by atoms with Crippen LogP contribution in [0.15, 0.2) is 122 Å². The molecular weight excluding hydrogens is 533 g/mol. The van der Waals surface area contributed by atoms with Crippen LogP contribution in [0.2, 0.25) is 0 Å². The van der Waals surface area contributed by atoms with Crippen molar-refractivity contribution in [3.05, 3.63) is 133 Å². The first-order valence-electron chi connectivity index (χ1n) is 14.0. The van der Waals surface area contributed by atoms with Gasteiger partial charge in [0.15, 0.2) is 0 Å². The predicted octanol–water partition coefficient (Wildman–Crippen LogP) is 10.2. The second-order valence-electron chi connectivity index (χ2n) is 10.7. The Labute approximate surface area is 248 Å². The van der Waals surface area contributed by atoms with Crippen molar-refractivity contribution in [3.63, 3.8) is 0 Å². The number of thiophene rings is 1. The number of fused-ring (bicyclic) bond motifs is 7. The molecule has 5 heterocycles. The zero-order valence-corrected chi connectivity index (χ0v) is 24.1. The standard InChI is InChI=1S/C37H26N4S/c1-23-9-7-16-39-35(23)25-19-26(36-24(2)10-8-17-40-36)21-27(20-25)41-31-13-5-3-11-28(31)34-30-22-38-18-15-33(30)42-37(34)29-12-4-6-14-32(29)41/h3-22H,1-2H3. The minimum absolute atomic E-state index is 0.974. The van der Waals surface area contributed by atoms with Gasteiger partial charge in [-0.2, -0.15) is 0 Å². The predicted molar refractivity (Wildman–Crippen MR) is 175 cm³/mol. The molecule has 8 rings (SSSR count). The normalized spacial score (nSPS) is 12.0. The lowest BCUT2D eigenvalue weighted by Crippen LogP contribution is -2.11. The third-order valence-electron chi connectivity index (χ3n) is 8.04. The number of benzene rings is 3. The Morgan fingerprint density at radius 3 is 1.90 bits per heavy atom. The first-order chi connectivity index (χ1) is 20.7. The summed E-state index contributed by atoms with van der Waals surface area (Å²) >= 11 is 1.83. The van der Waals surface area contributed by atoms with E-state index < -0.39 is 0 Å². The molecule has 1 aliphatic rings. The van der Waals surface area contributed by atoms with Gasteiger partial charge in [0, 0.05) is 73.3 Å². The average Bonchev–Trinajstić information content (AvgIpc) is 3.36. The quantitative estimate of drug-likeness (QED) is 0.216. The molecule has 0 spiro atoms. The summed E-state index contributed by atoms with van der Waals surface area (Å²) in [7, 11) is 0. The van der Waals surface area contributed by atoms with Crippen molar-refractivity contribution in [3.8, 4) is 44.1 Å². The Morgan fingerprint density at radius 1 is 0.619 bits per heavy atom. The van der Waals surface area contributed by atoms with Crippen LogP contribution in [0.5, 0.6) is 0 Å². The van der Waals surface area contributed by atoms with Gasteiger partial charge in [-0.05, 0) is 73.5 Å². The van der Waals surface area contributed by atoms with Gasteiger partial charge in [-0.15, -0.1) is 11.3 Å². The van der Waals surface area contributed by atoms with E-state index >= 15 is 0 Å². The van der Waals surface area contributed by atoms with Crippen LogP contribution in [-0.2, 0) is 0 Å². The second-order valence-corrected chi connectivity index (χ2v) is 11.7. The van der Waals surface area contributed by atoms with Gasteiger partial charge in [-0.3, -0.25) is 15.0 Å². The summed E-state index contributed by atoms with van der Waals surface area (Å²) in [4.78, 5) is 17.8. The fourth-order valence-electron chi connectivity index (χ4n) is 6.14. The summed E-state index contributed by atoms with van der Waals surface area (Å²) in [6, 6.07) is 34.6. The molecule has 42 heavy (non-hydrogen) atoms. The summed E-state index contributed by atoms with van der Waals surface area (Å²) in [6.45, 7) is 4.24. The van der Waals surface area contributed by atoms with Gasteiger partial charge in [0.2, 0.25) is 0 Å². The lowest BCUT2D eigenvalue weighted by atomic mass is 9.98. The molecule has 0 fully saturated rings. The average molecular weight is 559 g/mol. The number of pyridine rings is 3. The molecule has 0 saturated heterocycles. The highest BCUT2D eigenvalue weighted by Gasteiger charge is 2.29. The molecule has 0 unspecified atom stereocenters. The van der Waals surface area contributed by atoms with E-state index in [9.17, 15) is 0 Å². The van der Waals surface area contributed by atoms with Crippen molar-refractivity contribution in [2.24, 2.45) is 0 Å². The number of aryl methyl sites for hydroxylation is 2. The number of hydrogen-bond acceptors (Lipinski definition) is 5. The van der Waals surface area contributed by atoms with Crippen molar-refractivity contribution in [2.45, 2.75) is 13.8 Å². The van der Waals surface area contributed by atoms with Gasteiger partial charge in [-0.1, -0.05) is 48.5 Å². The third-order valence-corrected chi connectivity index (χ3v) is 9.24. The molecule has 3 aromatic carbocycles. The van der Waals surface area contributed by atoms with Crippen molar-refractivity contribution in [2.75, 3.05) is 4.90 Å². The van der Waals surface area contributed by atoms with Crippen LogP contribution in [0, 0.1) is 13.8 Å². The molecule has 5 heteroatoms. The van der Waals surface area contributed by atoms with Gasteiger partial charge >= 0.3 is 0 Å². The minimum Gasteiger partial charge on any atom is -0.309 e. The zero-order valence-electron chi connectivity index (χ0n) is 23.2. The lowest BCUT2D eigenvalue weighted by Gasteiger charge is -2.28. The van der Waals surface area contributed by atoms with Crippen LogP contribution < -0.4 is 4.90 Å². The first-order valence-corrected chi connectivity index (χ1v) is 14.8. The molecule has 0 saturated carbocycles. The number of para-hydroxylation sites is 2. The summed E-state index contributed by atoms with van der Waals surface area (Å²) in [6.07, 6.45) is 7.63. The summed E-state index contributed by atoms with van der Waals surface area (Å²) in [5, 5.41) is 1.18. The van der Waals surface area contributed by atoms with Crippen LogP contribution in [0.1, 0.15) is 11.1 Å². The van der Waals surface area contributed by atoms with Crippen molar-refractivity contribution < 1.29 is 0 Å². The zero-order chi connectivity index (χ0) is 28.2. The van der Waals surface area contributed by atoms with Crippen LogP contribution in [-0.4, -0.2) is 15.0 Å². The smallest absolute Gasteiger partial charge is 0.0732 e. The molecule has 0 bridgehead atoms. The third kappa shape index (κ3) is 3.85. The van der Waals surface area contributed by atoms with Crippen molar-refractivity contribution >= 4 is 38.5 Å². The summed E-state index contributed by atoms with van der Waals surface area (Å²) in [5.74, 6) is 0. The van der Waals surface area contributed by atoms with E-state index in [1.54, 1.807) is 0 Å². The molecule has 4 nitrogen and oxygen atoms in total. The van der Waals surface area contributed by atoms with Gasteiger partial charge in [0.25, 0.3) is 0 Å². The number of nitrogens with zero attached hydrogens (tertiary/aromatic N) is 4. The Hall–Kier alpha value is -5.13. The molecule has 200 valence electrons. The molecule has 0 atom stereocenters. The second kappa shape index (κ2) is 9.75. The Balaban J connectivity index is 1.46. The largest absolute Gasteiger partial charge is 0.309 e. The minimum atomic E-state index is 0.974. The fourth-order valence-corrected chi connectivity index (χ4v) is 7.35. The molecule has 4 aromatic heterocycles. The van der Waals surface area contributed by atoms with E-state index in [0.717, 1.165) is 50.7 Å². The van der Waals surface area contributed by atoms with Gasteiger partial charge < -0.3 is 4.90 Å². The Morgan fingerprint density at radius 2 is 1.24 bits per heavy atom. The molecule has 1 aliphatic heterocycles. The van der Waals surface area contributed by atoms with E-state index in [4.69, 9.17) is 9.97 Å². The van der Waals surface area contributed by atoms with Crippen LogP contribution in [0.3, 0.4) is 0 Å². The van der Waals surface area contributed by atoms with E-state index in [2.05, 4.69) is 109 Å². The Bertz CT molecular complexity index is 2080. The highest BCUT2D eigenvalue weighted by molar-refractivity contribution is 7.23. The number of anilines is 3. The maximum absolute atomic E-state index is 4.81. The number of aromatic nitrogens is 3. The fraction of sp³-hybridized carbons (Fsp3) is 0.0541. The maximum atomic E-state index is 4.81. The maximum Gasteiger partial charge on any atom is 0.0732 e. The topological polar surface area (TPSA) is 41.9 Å². The number of hydrogen-bond donors (Lipinski definition) is 0. The van der Waals surface area contributed by atoms with E-state index in [1.807, 2.05) is 48.3 Å². The molecule has 0 amide bonds. The number of rotatable bonds is 3. The van der Waals surface area contributed by atoms with E-state index in [-0.39, 0.29) is 0 Å². The first kappa shape index (κ1) is 24.6. The van der Waals surface area contributed by atoms with Gasteiger partial charge in [0.1, 0.15) is 0 Å².